The molecule has 0 unspecified atom stereocenters. The molecule has 0 aromatic heterocycles. The zero-order valence-corrected chi connectivity index (χ0v) is 25.7. The maximum Gasteiger partial charge on any atom is 0.264 e. The fourth-order valence-corrected chi connectivity index (χ4v) is 5.86. The quantitative estimate of drug-likeness (QED) is 0.267. The van der Waals surface area contributed by atoms with Crippen molar-refractivity contribution in [3.05, 3.63) is 89.7 Å². The van der Waals surface area contributed by atoms with Gasteiger partial charge in [0.25, 0.3) is 10.0 Å². The Hall–Kier alpha value is -3.92. The van der Waals surface area contributed by atoms with Crippen LogP contribution in [0.3, 0.4) is 0 Å². The van der Waals surface area contributed by atoms with E-state index in [0.717, 1.165) is 9.87 Å². The lowest BCUT2D eigenvalue weighted by atomic mass is 10.1. The summed E-state index contributed by atoms with van der Waals surface area (Å²) in [6.07, 6.45) is 0.986. The van der Waals surface area contributed by atoms with Gasteiger partial charge < -0.3 is 15.0 Å². The van der Waals surface area contributed by atoms with E-state index in [9.17, 15) is 22.4 Å². The summed E-state index contributed by atoms with van der Waals surface area (Å²) in [5.74, 6) is -1.06. The summed E-state index contributed by atoms with van der Waals surface area (Å²) in [6, 6.07) is 17.6. The molecule has 226 valence electrons. The molecule has 3 aromatic rings. The molecular weight excluding hydrogens is 557 g/mol. The average Bonchev–Trinajstić information content (AvgIpc) is 2.97. The first-order chi connectivity index (χ1) is 20.0. The summed E-state index contributed by atoms with van der Waals surface area (Å²) in [5.41, 5.74) is 1.68. The van der Waals surface area contributed by atoms with Crippen LogP contribution in [0.25, 0.3) is 0 Å². The third-order valence-corrected chi connectivity index (χ3v) is 8.75. The van der Waals surface area contributed by atoms with Crippen LogP contribution in [0.1, 0.15) is 51.7 Å². The minimum atomic E-state index is -4.24. The highest BCUT2D eigenvalue weighted by molar-refractivity contribution is 7.92. The Morgan fingerprint density at radius 1 is 0.929 bits per heavy atom. The summed E-state index contributed by atoms with van der Waals surface area (Å²) in [5, 5.41) is 2.94. The third kappa shape index (κ3) is 8.09. The highest BCUT2D eigenvalue weighted by Gasteiger charge is 2.35. The number of ether oxygens (including phenoxy) is 1. The molecule has 42 heavy (non-hydrogen) atoms. The molecule has 0 radical (unpaired) electrons. The van der Waals surface area contributed by atoms with Gasteiger partial charge in [0.2, 0.25) is 11.8 Å². The number of carbonyl (C=O) groups is 2. The van der Waals surface area contributed by atoms with E-state index in [1.54, 1.807) is 62.4 Å². The molecular formula is C32H40FN3O5S. The topological polar surface area (TPSA) is 96.0 Å². The number of nitrogens with zero attached hydrogens (tertiary/aromatic N) is 2. The van der Waals surface area contributed by atoms with E-state index in [2.05, 4.69) is 5.32 Å². The molecule has 8 nitrogen and oxygen atoms in total. The highest BCUT2D eigenvalue weighted by Crippen LogP contribution is 2.33. The molecule has 0 aliphatic heterocycles. The van der Waals surface area contributed by atoms with Crippen molar-refractivity contribution in [2.24, 2.45) is 0 Å². The van der Waals surface area contributed by atoms with Gasteiger partial charge in [-0.05, 0) is 75.6 Å². The summed E-state index contributed by atoms with van der Waals surface area (Å²) < 4.78 is 48.6. The lowest BCUT2D eigenvalue weighted by Gasteiger charge is -2.34. The van der Waals surface area contributed by atoms with E-state index >= 15 is 0 Å². The number of sulfonamides is 1. The standard InChI is InChI=1S/C32H40FN3O5S/c1-6-24(5)34-32(38)28(7-2)35(21-25-15-17-26(33)18-16-25)31(37)22-36(29-11-9-10-12-30(29)41-8-3)42(39,40)27-19-13-23(4)14-20-27/h9-20,24,28H,6-8,21-22H2,1-5H3,(H,34,38)/t24-,28+/m1/s1. The minimum Gasteiger partial charge on any atom is -0.492 e. The SMILES string of the molecule is CCOc1ccccc1N(CC(=O)N(Cc1ccc(F)cc1)[C@@H](CC)C(=O)N[C@H](C)CC)S(=O)(=O)c1ccc(C)cc1. The van der Waals surface area contributed by atoms with Crippen LogP contribution in [0.15, 0.2) is 77.7 Å². The van der Waals surface area contributed by atoms with Crippen LogP contribution in [-0.4, -0.2) is 50.4 Å². The molecule has 0 heterocycles. The zero-order chi connectivity index (χ0) is 30.9. The van der Waals surface area contributed by atoms with Gasteiger partial charge in [0.1, 0.15) is 24.2 Å². The van der Waals surface area contributed by atoms with Crippen molar-refractivity contribution in [1.82, 2.24) is 10.2 Å². The lowest BCUT2D eigenvalue weighted by Crippen LogP contribution is -2.53. The van der Waals surface area contributed by atoms with Crippen LogP contribution in [0.4, 0.5) is 10.1 Å². The van der Waals surface area contributed by atoms with Gasteiger partial charge in [-0.15, -0.1) is 0 Å². The van der Waals surface area contributed by atoms with Crippen LogP contribution in [0, 0.1) is 12.7 Å². The van der Waals surface area contributed by atoms with E-state index in [1.807, 2.05) is 20.8 Å². The molecule has 3 rings (SSSR count). The smallest absolute Gasteiger partial charge is 0.264 e. The van der Waals surface area contributed by atoms with Gasteiger partial charge in [-0.25, -0.2) is 12.8 Å². The Kier molecular flexibility index (Phi) is 11.5. The predicted octanol–water partition coefficient (Wildman–Crippen LogP) is 5.45. The molecule has 0 spiro atoms. The van der Waals surface area contributed by atoms with Crippen molar-refractivity contribution >= 4 is 27.5 Å². The Morgan fingerprint density at radius 3 is 2.17 bits per heavy atom. The average molecular weight is 598 g/mol. The Labute approximate surface area is 248 Å². The van der Waals surface area contributed by atoms with E-state index < -0.39 is 34.3 Å². The summed E-state index contributed by atoms with van der Waals surface area (Å²) in [6.45, 7) is 8.92. The van der Waals surface area contributed by atoms with Crippen molar-refractivity contribution in [2.45, 2.75) is 71.0 Å². The first-order valence-electron chi connectivity index (χ1n) is 14.2. The van der Waals surface area contributed by atoms with Crippen LogP contribution in [0.2, 0.25) is 0 Å². The first kappa shape index (κ1) is 32.6. The zero-order valence-electron chi connectivity index (χ0n) is 24.8. The van der Waals surface area contributed by atoms with E-state index in [0.29, 0.717) is 17.7 Å². The number of aryl methyl sites for hydroxylation is 1. The van der Waals surface area contributed by atoms with Crippen LogP contribution < -0.4 is 14.4 Å². The molecule has 1 N–H and O–H groups in total. The van der Waals surface area contributed by atoms with Gasteiger partial charge in [0, 0.05) is 12.6 Å². The number of rotatable bonds is 14. The van der Waals surface area contributed by atoms with Crippen LogP contribution in [0.5, 0.6) is 5.75 Å². The summed E-state index contributed by atoms with van der Waals surface area (Å²) in [7, 11) is -4.24. The van der Waals surface area contributed by atoms with Crippen molar-refractivity contribution in [3.8, 4) is 5.75 Å². The number of hydrogen-bond acceptors (Lipinski definition) is 5. The van der Waals surface area contributed by atoms with E-state index in [-0.39, 0.29) is 42.1 Å². The van der Waals surface area contributed by atoms with E-state index in [4.69, 9.17) is 4.74 Å². The van der Waals surface area contributed by atoms with Gasteiger partial charge in [-0.2, -0.15) is 0 Å². The Morgan fingerprint density at radius 2 is 1.57 bits per heavy atom. The minimum absolute atomic E-state index is 0.0128. The molecule has 0 saturated carbocycles. The van der Waals surface area contributed by atoms with Crippen LogP contribution >= 0.6 is 0 Å². The molecule has 10 heteroatoms. The van der Waals surface area contributed by atoms with Crippen LogP contribution in [-0.2, 0) is 26.2 Å². The second kappa shape index (κ2) is 14.8. The predicted molar refractivity (Wildman–Crippen MR) is 162 cm³/mol. The summed E-state index contributed by atoms with van der Waals surface area (Å²) in [4.78, 5) is 28.9. The number of halogens is 1. The third-order valence-electron chi connectivity index (χ3n) is 6.97. The maximum absolute atomic E-state index is 14.2. The number of nitrogens with one attached hydrogen (secondary N) is 1. The summed E-state index contributed by atoms with van der Waals surface area (Å²) >= 11 is 0. The largest absolute Gasteiger partial charge is 0.492 e. The highest BCUT2D eigenvalue weighted by atomic mass is 32.2. The second-order valence-electron chi connectivity index (χ2n) is 10.1. The number of hydrogen-bond donors (Lipinski definition) is 1. The monoisotopic (exact) mass is 597 g/mol. The number of anilines is 1. The van der Waals surface area contributed by atoms with Gasteiger partial charge >= 0.3 is 0 Å². The van der Waals surface area contributed by atoms with E-state index in [1.165, 1.54) is 29.2 Å². The molecule has 0 bridgehead atoms. The molecule has 3 aromatic carbocycles. The van der Waals surface area contributed by atoms with Crippen molar-refractivity contribution < 1.29 is 27.1 Å². The van der Waals surface area contributed by atoms with Crippen molar-refractivity contribution in [2.75, 3.05) is 17.5 Å². The fraction of sp³-hybridized carbons (Fsp3) is 0.375. The van der Waals surface area contributed by atoms with Gasteiger partial charge in [0.15, 0.2) is 0 Å². The molecule has 0 fully saturated rings. The normalized spacial score (nSPS) is 12.7. The van der Waals surface area contributed by atoms with Gasteiger partial charge in [-0.1, -0.05) is 55.8 Å². The first-order valence-corrected chi connectivity index (χ1v) is 15.6. The number of benzene rings is 3. The Balaban J connectivity index is 2.10. The molecule has 0 saturated heterocycles. The molecule has 2 atom stereocenters. The molecule has 2 amide bonds. The van der Waals surface area contributed by atoms with Crippen molar-refractivity contribution in [3.63, 3.8) is 0 Å². The maximum atomic E-state index is 14.2. The van der Waals surface area contributed by atoms with Gasteiger partial charge in [-0.3, -0.25) is 13.9 Å². The number of para-hydroxylation sites is 2. The molecule has 0 aliphatic rings. The lowest BCUT2D eigenvalue weighted by molar-refractivity contribution is -0.140. The fourth-order valence-electron chi connectivity index (χ4n) is 4.44. The second-order valence-corrected chi connectivity index (χ2v) is 12.0. The van der Waals surface area contributed by atoms with Gasteiger partial charge in [0.05, 0.1) is 17.2 Å². The number of carbonyl (C=O) groups excluding carboxylic acids is 2. The Bertz CT molecular complexity index is 1450. The van der Waals surface area contributed by atoms with Crippen molar-refractivity contribution in [1.29, 1.82) is 0 Å². The molecule has 0 aliphatic carbocycles. The number of amides is 2.